The standard InChI is InChI=1S/C35H36N2O5/c1-38-19-20-39-35(29-12-11-25-7-5-6-10-28(25)21-29)41-34-23-36-18-17-32(34)26-13-15-30(16-14-26)40-24-31-22-33(37-42-31)27-8-3-2-4-9-27/h2-16,21-22,32,34-36H,17-20,23-24H2,1H3. The molecule has 1 aromatic heterocycles. The minimum Gasteiger partial charge on any atom is -0.486 e. The monoisotopic (exact) mass is 564 g/mol. The Morgan fingerprint density at radius 3 is 2.52 bits per heavy atom. The summed E-state index contributed by atoms with van der Waals surface area (Å²) in [7, 11) is 1.68. The number of hydrogen-bond donors (Lipinski definition) is 1. The lowest BCUT2D eigenvalue weighted by atomic mass is 9.87. The van der Waals surface area contributed by atoms with Crippen molar-refractivity contribution in [1.82, 2.24) is 10.5 Å². The summed E-state index contributed by atoms with van der Waals surface area (Å²) in [5.74, 6) is 1.68. The van der Waals surface area contributed by atoms with Gasteiger partial charge in [-0.1, -0.05) is 84.0 Å². The van der Waals surface area contributed by atoms with Crippen LogP contribution in [0.25, 0.3) is 22.0 Å². The van der Waals surface area contributed by atoms with Crippen molar-refractivity contribution in [1.29, 1.82) is 0 Å². The Morgan fingerprint density at radius 2 is 1.69 bits per heavy atom. The van der Waals surface area contributed by atoms with Gasteiger partial charge in [-0.2, -0.15) is 0 Å². The third kappa shape index (κ3) is 6.89. The number of benzene rings is 4. The number of nitrogens with one attached hydrogen (secondary N) is 1. The maximum absolute atomic E-state index is 6.72. The molecule has 5 aromatic rings. The molecule has 7 heteroatoms. The lowest BCUT2D eigenvalue weighted by Crippen LogP contribution is -2.42. The molecule has 4 aromatic carbocycles. The number of rotatable bonds is 12. The van der Waals surface area contributed by atoms with Crippen LogP contribution in [0.4, 0.5) is 0 Å². The Kier molecular flexibility index (Phi) is 9.22. The predicted octanol–water partition coefficient (Wildman–Crippen LogP) is 6.90. The van der Waals surface area contributed by atoms with Crippen molar-refractivity contribution in [3.8, 4) is 17.0 Å². The van der Waals surface area contributed by atoms with Gasteiger partial charge in [0.1, 0.15) is 18.1 Å². The van der Waals surface area contributed by atoms with Crippen LogP contribution in [0.2, 0.25) is 0 Å². The second-order valence-electron chi connectivity index (χ2n) is 10.5. The summed E-state index contributed by atoms with van der Waals surface area (Å²) in [5.41, 5.74) is 4.03. The van der Waals surface area contributed by atoms with Gasteiger partial charge in [-0.3, -0.25) is 0 Å². The van der Waals surface area contributed by atoms with E-state index < -0.39 is 6.29 Å². The van der Waals surface area contributed by atoms with Crippen LogP contribution < -0.4 is 10.1 Å². The average molecular weight is 565 g/mol. The number of ether oxygens (including phenoxy) is 4. The lowest BCUT2D eigenvalue weighted by molar-refractivity contribution is -0.187. The summed E-state index contributed by atoms with van der Waals surface area (Å²) in [6.07, 6.45) is 0.408. The maximum Gasteiger partial charge on any atom is 0.184 e. The molecule has 0 aliphatic carbocycles. The molecular formula is C35H36N2O5. The molecule has 1 aliphatic heterocycles. The van der Waals surface area contributed by atoms with Crippen molar-refractivity contribution in [2.45, 2.75) is 31.3 Å². The van der Waals surface area contributed by atoms with E-state index in [-0.39, 0.29) is 12.0 Å². The van der Waals surface area contributed by atoms with Crippen LogP contribution in [0.3, 0.4) is 0 Å². The van der Waals surface area contributed by atoms with Crippen LogP contribution in [-0.4, -0.2) is 44.7 Å². The van der Waals surface area contributed by atoms with Crippen molar-refractivity contribution in [3.05, 3.63) is 120 Å². The molecule has 3 atom stereocenters. The first-order chi connectivity index (χ1) is 20.8. The van der Waals surface area contributed by atoms with Gasteiger partial charge in [-0.05, 0) is 47.5 Å². The fourth-order valence-corrected chi connectivity index (χ4v) is 5.41. The molecule has 3 unspecified atom stereocenters. The Balaban J connectivity index is 1.12. The molecule has 1 N–H and O–H groups in total. The van der Waals surface area contributed by atoms with E-state index in [1.807, 2.05) is 48.5 Å². The summed E-state index contributed by atoms with van der Waals surface area (Å²) >= 11 is 0. The highest BCUT2D eigenvalue weighted by Gasteiger charge is 2.30. The van der Waals surface area contributed by atoms with Crippen LogP contribution in [0.1, 0.15) is 35.5 Å². The zero-order valence-corrected chi connectivity index (χ0v) is 23.8. The second kappa shape index (κ2) is 13.8. The van der Waals surface area contributed by atoms with E-state index >= 15 is 0 Å². The molecule has 0 spiro atoms. The maximum atomic E-state index is 6.72. The van der Waals surface area contributed by atoms with Gasteiger partial charge in [0.25, 0.3) is 0 Å². The number of hydrogen-bond acceptors (Lipinski definition) is 7. The molecule has 2 heterocycles. The largest absolute Gasteiger partial charge is 0.486 e. The Labute approximate surface area is 246 Å². The average Bonchev–Trinajstić information content (AvgIpc) is 3.53. The van der Waals surface area contributed by atoms with Gasteiger partial charge in [0, 0.05) is 36.8 Å². The molecule has 42 heavy (non-hydrogen) atoms. The molecule has 216 valence electrons. The van der Waals surface area contributed by atoms with Crippen LogP contribution >= 0.6 is 0 Å². The third-order valence-corrected chi connectivity index (χ3v) is 7.65. The molecule has 0 radical (unpaired) electrons. The summed E-state index contributed by atoms with van der Waals surface area (Å²) in [6.45, 7) is 2.94. The SMILES string of the molecule is COCCOC(OC1CNCCC1c1ccc(OCc2cc(-c3ccccc3)no2)cc1)c1ccc2ccccc2c1. The molecule has 0 amide bonds. The molecule has 0 saturated carbocycles. The number of piperidine rings is 1. The van der Waals surface area contributed by atoms with E-state index in [4.69, 9.17) is 23.5 Å². The first-order valence-electron chi connectivity index (χ1n) is 14.5. The van der Waals surface area contributed by atoms with Crippen molar-refractivity contribution < 1.29 is 23.5 Å². The minimum absolute atomic E-state index is 0.0601. The summed E-state index contributed by atoms with van der Waals surface area (Å²) in [6, 6.07) is 34.9. The van der Waals surface area contributed by atoms with E-state index in [1.54, 1.807) is 7.11 Å². The first-order valence-corrected chi connectivity index (χ1v) is 14.5. The molecule has 0 bridgehead atoms. The van der Waals surface area contributed by atoms with Crippen LogP contribution in [0.15, 0.2) is 108 Å². The Bertz CT molecular complexity index is 1550. The van der Waals surface area contributed by atoms with Crippen LogP contribution in [-0.2, 0) is 20.8 Å². The van der Waals surface area contributed by atoms with E-state index in [2.05, 4.69) is 65.1 Å². The summed E-state index contributed by atoms with van der Waals surface area (Å²) in [4.78, 5) is 0. The predicted molar refractivity (Wildman–Crippen MR) is 162 cm³/mol. The highest BCUT2D eigenvalue weighted by molar-refractivity contribution is 5.83. The highest BCUT2D eigenvalue weighted by atomic mass is 16.7. The fourth-order valence-electron chi connectivity index (χ4n) is 5.41. The normalized spacial score (nSPS) is 17.7. The van der Waals surface area contributed by atoms with E-state index in [1.165, 1.54) is 10.9 Å². The van der Waals surface area contributed by atoms with E-state index in [0.29, 0.717) is 25.6 Å². The van der Waals surface area contributed by atoms with Gasteiger partial charge in [0.15, 0.2) is 12.1 Å². The van der Waals surface area contributed by atoms with Crippen LogP contribution in [0.5, 0.6) is 5.75 Å². The zero-order valence-electron chi connectivity index (χ0n) is 23.8. The molecule has 1 saturated heterocycles. The number of aromatic nitrogens is 1. The van der Waals surface area contributed by atoms with Crippen molar-refractivity contribution in [2.75, 3.05) is 33.4 Å². The smallest absolute Gasteiger partial charge is 0.184 e. The van der Waals surface area contributed by atoms with Gasteiger partial charge in [-0.25, -0.2) is 0 Å². The van der Waals surface area contributed by atoms with Gasteiger partial charge < -0.3 is 28.8 Å². The van der Waals surface area contributed by atoms with E-state index in [0.717, 1.165) is 47.5 Å². The highest BCUT2D eigenvalue weighted by Crippen LogP contribution is 2.34. The summed E-state index contributed by atoms with van der Waals surface area (Å²) < 4.78 is 29.7. The quantitative estimate of drug-likeness (QED) is 0.131. The Hall–Kier alpha value is -4.01. The van der Waals surface area contributed by atoms with Crippen molar-refractivity contribution in [2.24, 2.45) is 0 Å². The second-order valence-corrected chi connectivity index (χ2v) is 10.5. The topological polar surface area (TPSA) is 75.0 Å². The lowest BCUT2D eigenvalue weighted by Gasteiger charge is -2.35. The first kappa shape index (κ1) is 28.1. The number of fused-ring (bicyclic) bond motifs is 1. The zero-order chi connectivity index (χ0) is 28.6. The number of methoxy groups -OCH3 is 1. The van der Waals surface area contributed by atoms with Crippen molar-refractivity contribution in [3.63, 3.8) is 0 Å². The van der Waals surface area contributed by atoms with Crippen LogP contribution in [0, 0.1) is 0 Å². The third-order valence-electron chi connectivity index (χ3n) is 7.65. The minimum atomic E-state index is -0.498. The summed E-state index contributed by atoms with van der Waals surface area (Å²) in [5, 5.41) is 10.0. The van der Waals surface area contributed by atoms with Gasteiger partial charge in [0.2, 0.25) is 0 Å². The Morgan fingerprint density at radius 1 is 0.881 bits per heavy atom. The molecule has 7 nitrogen and oxygen atoms in total. The van der Waals surface area contributed by atoms with Crippen molar-refractivity contribution >= 4 is 10.8 Å². The molecule has 6 rings (SSSR count). The molecular weight excluding hydrogens is 528 g/mol. The molecule has 1 aliphatic rings. The van der Waals surface area contributed by atoms with Gasteiger partial charge in [0.05, 0.1) is 19.3 Å². The van der Waals surface area contributed by atoms with Gasteiger partial charge in [-0.15, -0.1) is 0 Å². The van der Waals surface area contributed by atoms with Gasteiger partial charge >= 0.3 is 0 Å². The number of nitrogens with zero attached hydrogens (tertiary/aromatic N) is 1. The molecule has 1 fully saturated rings. The fraction of sp³-hybridized carbons (Fsp3) is 0.286. The van der Waals surface area contributed by atoms with E-state index in [9.17, 15) is 0 Å².